The lowest BCUT2D eigenvalue weighted by atomic mass is 10.1. The summed E-state index contributed by atoms with van der Waals surface area (Å²) in [6.07, 6.45) is 9.24. The predicted molar refractivity (Wildman–Crippen MR) is 130 cm³/mol. The zero-order chi connectivity index (χ0) is 24.2. The Hall–Kier alpha value is -4.05. The van der Waals surface area contributed by atoms with E-state index >= 15 is 0 Å². The Bertz CT molecular complexity index is 1300. The van der Waals surface area contributed by atoms with Gasteiger partial charge in [-0.15, -0.1) is 10.2 Å². The van der Waals surface area contributed by atoms with Crippen LogP contribution in [0.4, 0.5) is 5.69 Å². The molecule has 3 heterocycles. The number of nitrogens with one attached hydrogen (secondary N) is 2. The molecule has 10 nitrogen and oxygen atoms in total. The maximum Gasteiger partial charge on any atom is 0.251 e. The summed E-state index contributed by atoms with van der Waals surface area (Å²) >= 11 is 0. The lowest BCUT2D eigenvalue weighted by molar-refractivity contribution is 0.0929. The molecule has 1 amide bonds. The van der Waals surface area contributed by atoms with Crippen molar-refractivity contribution in [3.63, 3.8) is 0 Å². The third-order valence-electron chi connectivity index (χ3n) is 6.18. The summed E-state index contributed by atoms with van der Waals surface area (Å²) in [6, 6.07) is 11.0. The number of carbonyl (C=O) groups is 1. The first-order valence-corrected chi connectivity index (χ1v) is 11.7. The molecule has 0 bridgehead atoms. The number of pyridine rings is 1. The van der Waals surface area contributed by atoms with Gasteiger partial charge in [-0.2, -0.15) is 0 Å². The van der Waals surface area contributed by atoms with E-state index in [4.69, 9.17) is 0 Å². The van der Waals surface area contributed by atoms with Crippen molar-refractivity contribution in [2.75, 3.05) is 11.9 Å². The highest BCUT2D eigenvalue weighted by molar-refractivity contribution is 5.95. The SMILES string of the molecule is Cn1ccnc1[C@H](NC(=O)c1cccc(NCc2nnc(-c3ccncc3)n2CCO)c1)C1CC1. The molecule has 0 unspecified atom stereocenters. The van der Waals surface area contributed by atoms with Crippen molar-refractivity contribution in [1.29, 1.82) is 0 Å². The van der Waals surface area contributed by atoms with Crippen LogP contribution in [0.3, 0.4) is 0 Å². The van der Waals surface area contributed by atoms with Gasteiger partial charge in [0.15, 0.2) is 11.6 Å². The number of hydrogen-bond acceptors (Lipinski definition) is 7. The number of imidazole rings is 1. The number of aliphatic hydroxyl groups is 1. The van der Waals surface area contributed by atoms with Crippen LogP contribution < -0.4 is 10.6 Å². The number of rotatable bonds is 10. The molecule has 4 aromatic rings. The summed E-state index contributed by atoms with van der Waals surface area (Å²) in [4.78, 5) is 21.6. The number of aliphatic hydroxyl groups excluding tert-OH is 1. The Morgan fingerprint density at radius 2 is 2.00 bits per heavy atom. The molecule has 1 atom stereocenters. The first kappa shape index (κ1) is 22.7. The van der Waals surface area contributed by atoms with E-state index in [1.54, 1.807) is 24.7 Å². The van der Waals surface area contributed by atoms with Crippen LogP contribution in [0.1, 0.15) is 40.9 Å². The van der Waals surface area contributed by atoms with E-state index in [1.165, 1.54) is 0 Å². The fourth-order valence-corrected chi connectivity index (χ4v) is 4.19. The van der Waals surface area contributed by atoms with Crippen molar-refractivity contribution in [3.8, 4) is 11.4 Å². The van der Waals surface area contributed by atoms with Gasteiger partial charge in [0, 0.05) is 55.2 Å². The molecule has 180 valence electrons. The molecule has 0 spiro atoms. The molecule has 0 radical (unpaired) electrons. The predicted octanol–water partition coefficient (Wildman–Crippen LogP) is 2.56. The first-order chi connectivity index (χ1) is 17.1. The molecule has 1 aliphatic rings. The molecule has 10 heteroatoms. The van der Waals surface area contributed by atoms with Crippen LogP contribution in [-0.2, 0) is 20.1 Å². The van der Waals surface area contributed by atoms with Gasteiger partial charge in [0.25, 0.3) is 5.91 Å². The third-order valence-corrected chi connectivity index (χ3v) is 6.18. The van der Waals surface area contributed by atoms with Gasteiger partial charge in [-0.25, -0.2) is 4.98 Å². The van der Waals surface area contributed by atoms with Crippen molar-refractivity contribution in [1.82, 2.24) is 34.6 Å². The van der Waals surface area contributed by atoms with Gasteiger partial charge in [-0.05, 0) is 49.1 Å². The number of amides is 1. The second kappa shape index (κ2) is 10.1. The molecule has 3 aromatic heterocycles. The van der Waals surface area contributed by atoms with Gasteiger partial charge in [0.2, 0.25) is 0 Å². The molecule has 1 fully saturated rings. The highest BCUT2D eigenvalue weighted by atomic mass is 16.3. The van der Waals surface area contributed by atoms with E-state index in [0.717, 1.165) is 29.9 Å². The zero-order valence-corrected chi connectivity index (χ0v) is 19.5. The number of hydrogen-bond donors (Lipinski definition) is 3. The van der Waals surface area contributed by atoms with E-state index in [-0.39, 0.29) is 18.6 Å². The minimum absolute atomic E-state index is 0.0308. The summed E-state index contributed by atoms with van der Waals surface area (Å²) in [7, 11) is 1.95. The van der Waals surface area contributed by atoms with E-state index < -0.39 is 0 Å². The maximum atomic E-state index is 13.1. The van der Waals surface area contributed by atoms with Crippen LogP contribution >= 0.6 is 0 Å². The number of benzene rings is 1. The number of anilines is 1. The molecule has 5 rings (SSSR count). The smallest absolute Gasteiger partial charge is 0.251 e. The largest absolute Gasteiger partial charge is 0.395 e. The molecule has 3 N–H and O–H groups in total. The standard InChI is InChI=1S/C25H28N8O2/c1-32-12-11-27-24(32)22(17-5-6-17)29-25(35)19-3-2-4-20(15-19)28-16-21-30-31-23(33(21)13-14-34)18-7-9-26-10-8-18/h2-4,7-12,15,17,22,28,34H,5-6,13-14,16H2,1H3,(H,29,35)/t22-/m1/s1. The van der Waals surface area contributed by atoms with Crippen LogP contribution in [0.15, 0.2) is 61.2 Å². The average Bonchev–Trinajstić information content (AvgIpc) is 3.52. The zero-order valence-electron chi connectivity index (χ0n) is 19.5. The van der Waals surface area contributed by atoms with Gasteiger partial charge in [-0.3, -0.25) is 9.78 Å². The quantitative estimate of drug-likeness (QED) is 0.324. The summed E-state index contributed by atoms with van der Waals surface area (Å²) in [5.74, 6) is 2.53. The summed E-state index contributed by atoms with van der Waals surface area (Å²) in [6.45, 7) is 0.734. The Balaban J connectivity index is 1.29. The highest BCUT2D eigenvalue weighted by Gasteiger charge is 2.35. The number of carbonyl (C=O) groups excluding carboxylic acids is 1. The molecule has 0 aliphatic heterocycles. The summed E-state index contributed by atoms with van der Waals surface area (Å²) in [5, 5.41) is 24.7. The lowest BCUT2D eigenvalue weighted by Crippen LogP contribution is -2.31. The third kappa shape index (κ3) is 5.07. The topological polar surface area (TPSA) is 123 Å². The normalized spacial score (nSPS) is 14.0. The van der Waals surface area contributed by atoms with Crippen molar-refractivity contribution < 1.29 is 9.90 Å². The molecule has 0 saturated heterocycles. The molecule has 1 aliphatic carbocycles. The average molecular weight is 473 g/mol. The Kier molecular flexibility index (Phi) is 6.53. The highest BCUT2D eigenvalue weighted by Crippen LogP contribution is 2.40. The number of aromatic nitrogens is 6. The molecular formula is C25H28N8O2. The van der Waals surface area contributed by atoms with Gasteiger partial charge in [-0.1, -0.05) is 6.07 Å². The minimum Gasteiger partial charge on any atom is -0.395 e. The van der Waals surface area contributed by atoms with E-state index in [9.17, 15) is 9.90 Å². The molecule has 35 heavy (non-hydrogen) atoms. The molecule has 1 saturated carbocycles. The first-order valence-electron chi connectivity index (χ1n) is 11.7. The fourth-order valence-electron chi connectivity index (χ4n) is 4.19. The fraction of sp³-hybridized carbons (Fsp3) is 0.320. The van der Waals surface area contributed by atoms with Gasteiger partial charge >= 0.3 is 0 Å². The van der Waals surface area contributed by atoms with Crippen LogP contribution in [0.5, 0.6) is 0 Å². The van der Waals surface area contributed by atoms with Crippen molar-refractivity contribution in [2.24, 2.45) is 13.0 Å². The number of nitrogens with zero attached hydrogens (tertiary/aromatic N) is 6. The Labute approximate surface area is 203 Å². The second-order valence-corrected chi connectivity index (χ2v) is 8.67. The maximum absolute atomic E-state index is 13.1. The van der Waals surface area contributed by atoms with E-state index in [2.05, 4.69) is 30.8 Å². The van der Waals surface area contributed by atoms with E-state index in [1.807, 2.05) is 52.7 Å². The van der Waals surface area contributed by atoms with Crippen LogP contribution in [0, 0.1) is 5.92 Å². The number of aryl methyl sites for hydroxylation is 1. The molecule has 1 aromatic carbocycles. The van der Waals surface area contributed by atoms with Gasteiger partial charge < -0.3 is 24.9 Å². The van der Waals surface area contributed by atoms with Gasteiger partial charge in [0.05, 0.1) is 19.2 Å². The van der Waals surface area contributed by atoms with Gasteiger partial charge in [0.1, 0.15) is 5.82 Å². The minimum atomic E-state index is -0.128. The Morgan fingerprint density at radius 3 is 2.71 bits per heavy atom. The lowest BCUT2D eigenvalue weighted by Gasteiger charge is -2.18. The van der Waals surface area contributed by atoms with Crippen molar-refractivity contribution in [3.05, 3.63) is 78.4 Å². The summed E-state index contributed by atoms with van der Waals surface area (Å²) in [5.41, 5.74) is 2.24. The Morgan fingerprint density at radius 1 is 1.17 bits per heavy atom. The monoisotopic (exact) mass is 472 g/mol. The van der Waals surface area contributed by atoms with Crippen LogP contribution in [0.25, 0.3) is 11.4 Å². The van der Waals surface area contributed by atoms with E-state index in [0.29, 0.717) is 36.2 Å². The van der Waals surface area contributed by atoms with Crippen LogP contribution in [0.2, 0.25) is 0 Å². The molecular weight excluding hydrogens is 444 g/mol. The second-order valence-electron chi connectivity index (χ2n) is 8.67. The summed E-state index contributed by atoms with van der Waals surface area (Å²) < 4.78 is 3.84. The van der Waals surface area contributed by atoms with Crippen molar-refractivity contribution >= 4 is 11.6 Å². The van der Waals surface area contributed by atoms with Crippen LogP contribution in [-0.4, -0.2) is 46.9 Å². The van der Waals surface area contributed by atoms with Crippen molar-refractivity contribution in [2.45, 2.75) is 32.0 Å².